The summed E-state index contributed by atoms with van der Waals surface area (Å²) < 4.78 is 0. The van der Waals surface area contributed by atoms with E-state index >= 15 is 0 Å². The van der Waals surface area contributed by atoms with Gasteiger partial charge in [0, 0.05) is 28.9 Å². The number of aromatic nitrogens is 2. The molecule has 2 aromatic heterocycles. The molecule has 1 N–H and O–H groups in total. The van der Waals surface area contributed by atoms with E-state index in [1.165, 1.54) is 11.8 Å². The van der Waals surface area contributed by atoms with Crippen molar-refractivity contribution in [1.29, 1.82) is 0 Å². The van der Waals surface area contributed by atoms with E-state index < -0.39 is 0 Å². The van der Waals surface area contributed by atoms with Gasteiger partial charge in [0.05, 0.1) is 10.8 Å². The van der Waals surface area contributed by atoms with E-state index in [0.29, 0.717) is 5.75 Å². The monoisotopic (exact) mass is 268 g/mol. The predicted octanol–water partition coefficient (Wildman–Crippen LogP) is 3.54. The van der Waals surface area contributed by atoms with Gasteiger partial charge in [-0.25, -0.2) is 4.98 Å². The van der Waals surface area contributed by atoms with Crippen LogP contribution in [0.1, 0.15) is 10.4 Å². The lowest BCUT2D eigenvalue weighted by molar-refractivity contribution is 0.102. The summed E-state index contributed by atoms with van der Waals surface area (Å²) in [4.78, 5) is 19.5. The molecule has 0 fully saturated rings. The third kappa shape index (κ3) is 2.53. The summed E-state index contributed by atoms with van der Waals surface area (Å²) in [5, 5.41) is 1.85. The first-order chi connectivity index (χ1) is 9.34. The van der Waals surface area contributed by atoms with Gasteiger partial charge >= 0.3 is 0 Å². The number of thioether (sulfide) groups is 1. The smallest absolute Gasteiger partial charge is 0.175 e. The molecule has 0 saturated carbocycles. The Bertz CT molecular complexity index is 706. The van der Waals surface area contributed by atoms with Crippen LogP contribution in [0.5, 0.6) is 0 Å². The maximum Gasteiger partial charge on any atom is 0.175 e. The molecule has 0 atom stereocenters. The summed E-state index contributed by atoms with van der Waals surface area (Å²) >= 11 is 1.46. The third-order valence-corrected chi connectivity index (χ3v) is 3.82. The molecule has 0 radical (unpaired) electrons. The number of aromatic amines is 1. The molecule has 3 nitrogen and oxygen atoms in total. The summed E-state index contributed by atoms with van der Waals surface area (Å²) in [6, 6.07) is 13.5. The minimum atomic E-state index is 0.119. The summed E-state index contributed by atoms with van der Waals surface area (Å²) in [5.41, 5.74) is 1.74. The van der Waals surface area contributed by atoms with Crippen molar-refractivity contribution in [1.82, 2.24) is 9.97 Å². The summed E-state index contributed by atoms with van der Waals surface area (Å²) in [6.07, 6.45) is 3.52. The van der Waals surface area contributed by atoms with Crippen molar-refractivity contribution >= 4 is 28.4 Å². The molecule has 3 rings (SSSR count). The van der Waals surface area contributed by atoms with Gasteiger partial charge in [0.1, 0.15) is 0 Å². The number of para-hydroxylation sites is 1. The Morgan fingerprint density at radius 2 is 2.00 bits per heavy atom. The van der Waals surface area contributed by atoms with Gasteiger partial charge in [0.2, 0.25) is 0 Å². The van der Waals surface area contributed by atoms with Crippen LogP contribution in [0.3, 0.4) is 0 Å². The average molecular weight is 268 g/mol. The molecule has 0 aliphatic carbocycles. The average Bonchev–Trinajstić information content (AvgIpc) is 2.90. The number of nitrogens with one attached hydrogen (secondary N) is 1. The lowest BCUT2D eigenvalue weighted by Gasteiger charge is -1.99. The normalized spacial score (nSPS) is 10.7. The van der Waals surface area contributed by atoms with Crippen LogP contribution in [-0.4, -0.2) is 21.5 Å². The topological polar surface area (TPSA) is 45.8 Å². The number of rotatable bonds is 4. The molecule has 0 saturated heterocycles. The van der Waals surface area contributed by atoms with Crippen LogP contribution in [-0.2, 0) is 0 Å². The number of hydrogen-bond acceptors (Lipinski definition) is 3. The fourth-order valence-corrected chi connectivity index (χ4v) is 2.70. The van der Waals surface area contributed by atoms with Crippen molar-refractivity contribution in [2.45, 2.75) is 5.03 Å². The van der Waals surface area contributed by atoms with E-state index in [-0.39, 0.29) is 5.78 Å². The molecule has 94 valence electrons. The SMILES string of the molecule is O=C(CSc1ccccn1)c1c[nH]c2ccccc12. The molecular formula is C15H12N2OS. The Hall–Kier alpha value is -2.07. The minimum absolute atomic E-state index is 0.119. The highest BCUT2D eigenvalue weighted by Crippen LogP contribution is 2.21. The zero-order valence-corrected chi connectivity index (χ0v) is 11.0. The fraction of sp³-hybridized carbons (Fsp3) is 0.0667. The number of Topliss-reactive ketones (excluding diaryl/α,β-unsaturated/α-hetero) is 1. The number of pyridine rings is 1. The number of fused-ring (bicyclic) bond motifs is 1. The second-order valence-electron chi connectivity index (χ2n) is 4.13. The van der Waals surface area contributed by atoms with Crippen LogP contribution in [0.15, 0.2) is 59.9 Å². The number of hydrogen-bond donors (Lipinski definition) is 1. The number of carbonyl (C=O) groups excluding carboxylic acids is 1. The summed E-state index contributed by atoms with van der Waals surface area (Å²) in [6.45, 7) is 0. The van der Waals surface area contributed by atoms with Crippen molar-refractivity contribution in [3.05, 3.63) is 60.4 Å². The summed E-state index contributed by atoms with van der Waals surface area (Å²) in [5.74, 6) is 0.520. The molecule has 0 aliphatic heterocycles. The first-order valence-corrected chi connectivity index (χ1v) is 6.96. The Kier molecular flexibility index (Phi) is 3.33. The van der Waals surface area contributed by atoms with Gasteiger partial charge in [-0.2, -0.15) is 0 Å². The van der Waals surface area contributed by atoms with E-state index in [0.717, 1.165) is 21.5 Å². The lowest BCUT2D eigenvalue weighted by atomic mass is 10.1. The number of nitrogens with zero attached hydrogens (tertiary/aromatic N) is 1. The molecule has 0 bridgehead atoms. The Labute approximate surface area is 115 Å². The molecule has 0 unspecified atom stereocenters. The van der Waals surface area contributed by atoms with Gasteiger partial charge in [0.25, 0.3) is 0 Å². The zero-order chi connectivity index (χ0) is 13.1. The van der Waals surface area contributed by atoms with E-state index in [2.05, 4.69) is 9.97 Å². The van der Waals surface area contributed by atoms with Crippen molar-refractivity contribution in [3.63, 3.8) is 0 Å². The van der Waals surface area contributed by atoms with Crippen molar-refractivity contribution in [3.8, 4) is 0 Å². The number of carbonyl (C=O) groups is 1. The van der Waals surface area contributed by atoms with Crippen molar-refractivity contribution in [2.75, 3.05) is 5.75 Å². The second-order valence-corrected chi connectivity index (χ2v) is 5.12. The first kappa shape index (κ1) is 12.0. The molecule has 19 heavy (non-hydrogen) atoms. The number of benzene rings is 1. The molecule has 2 heterocycles. The molecule has 4 heteroatoms. The van der Waals surface area contributed by atoms with Gasteiger partial charge in [-0.3, -0.25) is 4.79 Å². The van der Waals surface area contributed by atoms with Gasteiger partial charge in [0.15, 0.2) is 5.78 Å². The quantitative estimate of drug-likeness (QED) is 0.581. The van der Waals surface area contributed by atoms with Gasteiger partial charge < -0.3 is 4.98 Å². The highest BCUT2D eigenvalue weighted by molar-refractivity contribution is 7.99. The highest BCUT2D eigenvalue weighted by atomic mass is 32.2. The van der Waals surface area contributed by atoms with Crippen molar-refractivity contribution in [2.24, 2.45) is 0 Å². The second kappa shape index (κ2) is 5.28. The van der Waals surface area contributed by atoms with Gasteiger partial charge in [-0.1, -0.05) is 36.0 Å². The fourth-order valence-electron chi connectivity index (χ4n) is 1.95. The zero-order valence-electron chi connectivity index (χ0n) is 10.2. The van der Waals surface area contributed by atoms with Crippen LogP contribution >= 0.6 is 11.8 Å². The maximum atomic E-state index is 12.2. The number of ketones is 1. The maximum absolute atomic E-state index is 12.2. The molecule has 1 aromatic carbocycles. The Morgan fingerprint density at radius 1 is 1.16 bits per heavy atom. The van der Waals surface area contributed by atoms with Crippen LogP contribution in [0.2, 0.25) is 0 Å². The van der Waals surface area contributed by atoms with Gasteiger partial charge in [-0.15, -0.1) is 0 Å². The highest BCUT2D eigenvalue weighted by Gasteiger charge is 2.12. The van der Waals surface area contributed by atoms with E-state index in [4.69, 9.17) is 0 Å². The molecule has 3 aromatic rings. The Morgan fingerprint density at radius 3 is 2.84 bits per heavy atom. The van der Waals surface area contributed by atoms with Gasteiger partial charge in [-0.05, 0) is 18.2 Å². The molecular weight excluding hydrogens is 256 g/mol. The van der Waals surface area contributed by atoms with Crippen LogP contribution in [0.25, 0.3) is 10.9 Å². The molecule has 0 spiro atoms. The lowest BCUT2D eigenvalue weighted by Crippen LogP contribution is -2.01. The minimum Gasteiger partial charge on any atom is -0.360 e. The first-order valence-electron chi connectivity index (χ1n) is 5.98. The summed E-state index contributed by atoms with van der Waals surface area (Å²) in [7, 11) is 0. The van der Waals surface area contributed by atoms with Crippen LogP contribution < -0.4 is 0 Å². The molecule has 0 amide bonds. The standard InChI is InChI=1S/C15H12N2OS/c18-14(10-19-15-7-3-4-8-16-15)12-9-17-13-6-2-1-5-11(12)13/h1-9,17H,10H2. The third-order valence-electron chi connectivity index (χ3n) is 2.88. The van der Waals surface area contributed by atoms with Crippen LogP contribution in [0, 0.1) is 0 Å². The Balaban J connectivity index is 1.77. The largest absolute Gasteiger partial charge is 0.360 e. The van der Waals surface area contributed by atoms with E-state index in [9.17, 15) is 4.79 Å². The van der Waals surface area contributed by atoms with Crippen LogP contribution in [0.4, 0.5) is 0 Å². The van der Waals surface area contributed by atoms with E-state index in [1.54, 1.807) is 12.4 Å². The van der Waals surface area contributed by atoms with E-state index in [1.807, 2.05) is 42.5 Å². The number of H-pyrrole nitrogens is 1. The van der Waals surface area contributed by atoms with Crippen molar-refractivity contribution < 1.29 is 4.79 Å². The predicted molar refractivity (Wildman–Crippen MR) is 77.6 cm³/mol. The molecule has 0 aliphatic rings.